The molecular formula is C15H23N3O3. The van der Waals surface area contributed by atoms with Crippen molar-refractivity contribution in [2.45, 2.75) is 26.7 Å². The Hall–Kier alpha value is -1.95. The number of carbonyl (C=O) groups excluding carboxylic acids is 1. The van der Waals surface area contributed by atoms with Gasteiger partial charge in [0.25, 0.3) is 5.69 Å². The average Bonchev–Trinajstić information content (AvgIpc) is 2.45. The minimum atomic E-state index is -0.405. The Kier molecular flexibility index (Phi) is 7.39. The number of amides is 1. The van der Waals surface area contributed by atoms with Gasteiger partial charge in [0.1, 0.15) is 0 Å². The number of benzene rings is 1. The van der Waals surface area contributed by atoms with E-state index in [2.05, 4.69) is 24.5 Å². The highest BCUT2D eigenvalue weighted by molar-refractivity contribution is 5.76. The molecule has 116 valence electrons. The van der Waals surface area contributed by atoms with Gasteiger partial charge < -0.3 is 10.6 Å². The van der Waals surface area contributed by atoms with E-state index in [1.165, 1.54) is 12.1 Å². The monoisotopic (exact) mass is 293 g/mol. The summed E-state index contributed by atoms with van der Waals surface area (Å²) >= 11 is 0. The topological polar surface area (TPSA) is 84.3 Å². The van der Waals surface area contributed by atoms with Gasteiger partial charge in [0.15, 0.2) is 0 Å². The molecule has 0 fully saturated rings. The van der Waals surface area contributed by atoms with Crippen molar-refractivity contribution in [1.29, 1.82) is 0 Å². The highest BCUT2D eigenvalue weighted by Crippen LogP contribution is 2.11. The Morgan fingerprint density at radius 2 is 1.90 bits per heavy atom. The normalized spacial score (nSPS) is 10.6. The van der Waals surface area contributed by atoms with Crippen LogP contribution in [0.4, 0.5) is 5.69 Å². The van der Waals surface area contributed by atoms with Crippen molar-refractivity contribution in [3.8, 4) is 0 Å². The third-order valence-corrected chi connectivity index (χ3v) is 2.97. The van der Waals surface area contributed by atoms with E-state index in [9.17, 15) is 14.9 Å². The molecule has 1 aromatic rings. The van der Waals surface area contributed by atoms with Gasteiger partial charge in [-0.25, -0.2) is 0 Å². The summed E-state index contributed by atoms with van der Waals surface area (Å²) in [4.78, 5) is 21.6. The lowest BCUT2D eigenvalue weighted by molar-refractivity contribution is -0.384. The van der Waals surface area contributed by atoms with Gasteiger partial charge >= 0.3 is 0 Å². The Bertz CT molecular complexity index is 458. The fourth-order valence-corrected chi connectivity index (χ4v) is 1.75. The molecule has 0 radical (unpaired) electrons. The van der Waals surface area contributed by atoms with Crippen molar-refractivity contribution in [3.63, 3.8) is 0 Å². The van der Waals surface area contributed by atoms with E-state index in [0.717, 1.165) is 18.5 Å². The van der Waals surface area contributed by atoms with Crippen LogP contribution in [0.5, 0.6) is 0 Å². The van der Waals surface area contributed by atoms with E-state index in [4.69, 9.17) is 0 Å². The van der Waals surface area contributed by atoms with Gasteiger partial charge in [-0.1, -0.05) is 26.0 Å². The molecule has 0 heterocycles. The molecule has 0 saturated heterocycles. The molecule has 1 aromatic carbocycles. The van der Waals surface area contributed by atoms with Gasteiger partial charge in [-0.2, -0.15) is 0 Å². The van der Waals surface area contributed by atoms with Crippen LogP contribution in [0, 0.1) is 16.0 Å². The van der Waals surface area contributed by atoms with Crippen molar-refractivity contribution in [2.24, 2.45) is 5.92 Å². The number of non-ortho nitro benzene ring substituents is 1. The molecule has 21 heavy (non-hydrogen) atoms. The summed E-state index contributed by atoms with van der Waals surface area (Å²) in [5, 5.41) is 16.6. The van der Waals surface area contributed by atoms with E-state index < -0.39 is 4.92 Å². The van der Waals surface area contributed by atoms with Gasteiger partial charge in [0.2, 0.25) is 5.91 Å². The SMILES string of the molecule is CC(C)CNC(=O)CCNCCc1ccc([N+](=O)[O-])cc1. The van der Waals surface area contributed by atoms with Crippen LogP contribution in [0.25, 0.3) is 0 Å². The molecule has 0 aromatic heterocycles. The van der Waals surface area contributed by atoms with Crippen LogP contribution in [-0.4, -0.2) is 30.5 Å². The number of carbonyl (C=O) groups is 1. The fraction of sp³-hybridized carbons (Fsp3) is 0.533. The second kappa shape index (κ2) is 9.07. The molecule has 0 aliphatic heterocycles. The van der Waals surface area contributed by atoms with Crippen LogP contribution < -0.4 is 10.6 Å². The molecular weight excluding hydrogens is 270 g/mol. The Balaban J connectivity index is 2.14. The summed E-state index contributed by atoms with van der Waals surface area (Å²) < 4.78 is 0. The smallest absolute Gasteiger partial charge is 0.269 e. The van der Waals surface area contributed by atoms with E-state index >= 15 is 0 Å². The van der Waals surface area contributed by atoms with Crippen LogP contribution >= 0.6 is 0 Å². The van der Waals surface area contributed by atoms with Gasteiger partial charge in [-0.05, 0) is 24.4 Å². The maximum absolute atomic E-state index is 11.5. The van der Waals surface area contributed by atoms with E-state index in [1.54, 1.807) is 12.1 Å². The third-order valence-electron chi connectivity index (χ3n) is 2.97. The highest BCUT2D eigenvalue weighted by atomic mass is 16.6. The molecule has 1 amide bonds. The molecule has 0 atom stereocenters. The zero-order valence-electron chi connectivity index (χ0n) is 12.6. The molecule has 6 nitrogen and oxygen atoms in total. The number of hydrogen-bond donors (Lipinski definition) is 2. The first-order valence-electron chi connectivity index (χ1n) is 7.19. The first-order chi connectivity index (χ1) is 9.99. The van der Waals surface area contributed by atoms with Crippen LogP contribution in [-0.2, 0) is 11.2 Å². The number of nitrogens with zero attached hydrogens (tertiary/aromatic N) is 1. The summed E-state index contributed by atoms with van der Waals surface area (Å²) in [5.74, 6) is 0.524. The lowest BCUT2D eigenvalue weighted by Crippen LogP contribution is -2.30. The standard InChI is InChI=1S/C15H23N3O3/c1-12(2)11-17-15(19)8-10-16-9-7-13-3-5-14(6-4-13)18(20)21/h3-6,12,16H,7-11H2,1-2H3,(H,17,19). The summed E-state index contributed by atoms with van der Waals surface area (Å²) in [7, 11) is 0. The van der Waals surface area contributed by atoms with Gasteiger partial charge in [-0.15, -0.1) is 0 Å². The summed E-state index contributed by atoms with van der Waals surface area (Å²) in [6.45, 7) is 6.21. The molecule has 2 N–H and O–H groups in total. The molecule has 0 unspecified atom stereocenters. The summed E-state index contributed by atoms with van der Waals surface area (Å²) in [6, 6.07) is 6.54. The van der Waals surface area contributed by atoms with Crippen molar-refractivity contribution in [3.05, 3.63) is 39.9 Å². The molecule has 0 bridgehead atoms. The molecule has 6 heteroatoms. The predicted octanol–water partition coefficient (Wildman–Crippen LogP) is 1.89. The number of nitro benzene ring substituents is 1. The number of nitrogens with one attached hydrogen (secondary N) is 2. The first kappa shape index (κ1) is 17.1. The first-order valence-corrected chi connectivity index (χ1v) is 7.19. The summed E-state index contributed by atoms with van der Waals surface area (Å²) in [6.07, 6.45) is 1.25. The second-order valence-electron chi connectivity index (χ2n) is 5.37. The van der Waals surface area contributed by atoms with Gasteiger partial charge in [0, 0.05) is 31.6 Å². The lowest BCUT2D eigenvalue weighted by Gasteiger charge is -2.08. The Morgan fingerprint density at radius 3 is 2.48 bits per heavy atom. The minimum absolute atomic E-state index is 0.0616. The van der Waals surface area contributed by atoms with E-state index in [-0.39, 0.29) is 11.6 Å². The zero-order valence-corrected chi connectivity index (χ0v) is 12.6. The number of hydrogen-bond acceptors (Lipinski definition) is 4. The Morgan fingerprint density at radius 1 is 1.24 bits per heavy atom. The molecule has 0 aliphatic rings. The molecule has 0 aliphatic carbocycles. The Labute approximate surface area is 125 Å². The minimum Gasteiger partial charge on any atom is -0.356 e. The van der Waals surface area contributed by atoms with Crippen molar-refractivity contribution >= 4 is 11.6 Å². The number of nitro groups is 1. The molecule has 0 spiro atoms. The van der Waals surface area contributed by atoms with Crippen LogP contribution in [0.1, 0.15) is 25.8 Å². The predicted molar refractivity (Wildman–Crippen MR) is 82.1 cm³/mol. The average molecular weight is 293 g/mol. The lowest BCUT2D eigenvalue weighted by atomic mass is 10.1. The van der Waals surface area contributed by atoms with Crippen molar-refractivity contribution in [2.75, 3.05) is 19.6 Å². The van der Waals surface area contributed by atoms with Crippen LogP contribution in [0.3, 0.4) is 0 Å². The van der Waals surface area contributed by atoms with Crippen molar-refractivity contribution in [1.82, 2.24) is 10.6 Å². The van der Waals surface area contributed by atoms with E-state index in [0.29, 0.717) is 25.4 Å². The highest BCUT2D eigenvalue weighted by Gasteiger charge is 2.04. The second-order valence-corrected chi connectivity index (χ2v) is 5.37. The van der Waals surface area contributed by atoms with Gasteiger partial charge in [0.05, 0.1) is 4.92 Å². The molecule has 0 saturated carbocycles. The van der Waals surface area contributed by atoms with Crippen molar-refractivity contribution < 1.29 is 9.72 Å². The van der Waals surface area contributed by atoms with Gasteiger partial charge in [-0.3, -0.25) is 14.9 Å². The largest absolute Gasteiger partial charge is 0.356 e. The zero-order chi connectivity index (χ0) is 15.7. The summed E-state index contributed by atoms with van der Waals surface area (Å²) in [5.41, 5.74) is 1.14. The van der Waals surface area contributed by atoms with Crippen LogP contribution in [0.15, 0.2) is 24.3 Å². The van der Waals surface area contributed by atoms with E-state index in [1.807, 2.05) is 0 Å². The quantitative estimate of drug-likeness (QED) is 0.414. The number of rotatable bonds is 9. The van der Waals surface area contributed by atoms with Crippen LogP contribution in [0.2, 0.25) is 0 Å². The maximum Gasteiger partial charge on any atom is 0.269 e. The fourth-order valence-electron chi connectivity index (χ4n) is 1.75. The maximum atomic E-state index is 11.5. The molecule has 1 rings (SSSR count). The third kappa shape index (κ3) is 7.41.